The standard InChI is InChI=1S/C19H21NO6/c1-3-24-17(21)13-10-14(18(22)25-4-2)20-15(11-26-19(23)16(13)20)12-8-6-5-7-9-12/h5-10,14-16H,3-4,11H2,1-2H3/t14-,15+,16-/m0/s1. The zero-order valence-corrected chi connectivity index (χ0v) is 14.7. The normalized spacial score (nSPS) is 25.1. The van der Waals surface area contributed by atoms with Crippen molar-refractivity contribution in [2.24, 2.45) is 0 Å². The molecular weight excluding hydrogens is 338 g/mol. The second-order valence-corrected chi connectivity index (χ2v) is 5.95. The number of morpholine rings is 1. The highest BCUT2D eigenvalue weighted by atomic mass is 16.5. The van der Waals surface area contributed by atoms with Crippen molar-refractivity contribution in [3.8, 4) is 0 Å². The minimum Gasteiger partial charge on any atom is -0.465 e. The van der Waals surface area contributed by atoms with E-state index in [0.717, 1.165) is 5.56 Å². The summed E-state index contributed by atoms with van der Waals surface area (Å²) >= 11 is 0. The fraction of sp³-hybridized carbons (Fsp3) is 0.421. The maximum atomic E-state index is 12.5. The Morgan fingerprint density at radius 3 is 2.50 bits per heavy atom. The number of hydrogen-bond acceptors (Lipinski definition) is 7. The molecule has 3 rings (SSSR count). The van der Waals surface area contributed by atoms with Crippen molar-refractivity contribution in [3.63, 3.8) is 0 Å². The zero-order valence-electron chi connectivity index (χ0n) is 14.7. The summed E-state index contributed by atoms with van der Waals surface area (Å²) in [6.45, 7) is 3.86. The van der Waals surface area contributed by atoms with Gasteiger partial charge in [0.05, 0.1) is 24.8 Å². The number of ether oxygens (including phenoxy) is 3. The van der Waals surface area contributed by atoms with Gasteiger partial charge in [-0.1, -0.05) is 30.3 Å². The van der Waals surface area contributed by atoms with Crippen LogP contribution in [0.15, 0.2) is 42.0 Å². The lowest BCUT2D eigenvalue weighted by Crippen LogP contribution is -2.54. The summed E-state index contributed by atoms with van der Waals surface area (Å²) in [5, 5.41) is 0. The molecule has 26 heavy (non-hydrogen) atoms. The Hall–Kier alpha value is -2.67. The number of hydrogen-bond donors (Lipinski definition) is 0. The highest BCUT2D eigenvalue weighted by molar-refractivity contribution is 6.01. The summed E-state index contributed by atoms with van der Waals surface area (Å²) < 4.78 is 15.5. The van der Waals surface area contributed by atoms with Crippen molar-refractivity contribution >= 4 is 17.9 Å². The highest BCUT2D eigenvalue weighted by Gasteiger charge is 2.52. The van der Waals surface area contributed by atoms with Crippen LogP contribution in [-0.2, 0) is 28.6 Å². The van der Waals surface area contributed by atoms with Gasteiger partial charge < -0.3 is 14.2 Å². The first-order valence-electron chi connectivity index (χ1n) is 8.63. The topological polar surface area (TPSA) is 82.1 Å². The number of carbonyl (C=O) groups excluding carboxylic acids is 3. The molecule has 0 saturated carbocycles. The molecule has 2 aliphatic rings. The van der Waals surface area contributed by atoms with Gasteiger partial charge in [-0.05, 0) is 25.5 Å². The van der Waals surface area contributed by atoms with Crippen molar-refractivity contribution in [1.82, 2.24) is 4.90 Å². The van der Waals surface area contributed by atoms with Gasteiger partial charge in [0.25, 0.3) is 0 Å². The van der Waals surface area contributed by atoms with Crippen LogP contribution in [0.4, 0.5) is 0 Å². The molecule has 0 aliphatic carbocycles. The van der Waals surface area contributed by atoms with Gasteiger partial charge >= 0.3 is 17.9 Å². The van der Waals surface area contributed by atoms with Gasteiger partial charge in [0.15, 0.2) is 0 Å². The van der Waals surface area contributed by atoms with Crippen molar-refractivity contribution < 1.29 is 28.6 Å². The van der Waals surface area contributed by atoms with E-state index in [1.807, 2.05) is 30.3 Å². The Labute approximate surface area is 151 Å². The molecule has 7 nitrogen and oxygen atoms in total. The van der Waals surface area contributed by atoms with Crippen LogP contribution in [0.3, 0.4) is 0 Å². The number of fused-ring (bicyclic) bond motifs is 1. The molecule has 138 valence electrons. The Kier molecular flexibility index (Phi) is 5.37. The quantitative estimate of drug-likeness (QED) is 0.580. The summed E-state index contributed by atoms with van der Waals surface area (Å²) in [5.41, 5.74) is 1.01. The second-order valence-electron chi connectivity index (χ2n) is 5.95. The third-order valence-corrected chi connectivity index (χ3v) is 4.44. The van der Waals surface area contributed by atoms with E-state index in [1.165, 1.54) is 6.08 Å². The van der Waals surface area contributed by atoms with Gasteiger partial charge in [0, 0.05) is 0 Å². The summed E-state index contributed by atoms with van der Waals surface area (Å²) in [6.07, 6.45) is 1.46. The molecule has 1 fully saturated rings. The van der Waals surface area contributed by atoms with Crippen LogP contribution in [0.5, 0.6) is 0 Å². The number of cyclic esters (lactones) is 1. The zero-order chi connectivity index (χ0) is 18.7. The molecule has 1 saturated heterocycles. The molecule has 0 spiro atoms. The first kappa shape index (κ1) is 18.1. The molecule has 0 unspecified atom stereocenters. The molecular formula is C19H21NO6. The van der Waals surface area contributed by atoms with Crippen LogP contribution in [0.1, 0.15) is 25.5 Å². The predicted octanol–water partition coefficient (Wildman–Crippen LogP) is 1.39. The van der Waals surface area contributed by atoms with Crippen molar-refractivity contribution in [3.05, 3.63) is 47.5 Å². The van der Waals surface area contributed by atoms with Gasteiger partial charge in [-0.2, -0.15) is 0 Å². The fourth-order valence-corrected chi connectivity index (χ4v) is 3.37. The van der Waals surface area contributed by atoms with Crippen LogP contribution in [-0.4, -0.2) is 54.7 Å². The van der Waals surface area contributed by atoms with Crippen LogP contribution in [0, 0.1) is 0 Å². The number of carbonyl (C=O) groups is 3. The smallest absolute Gasteiger partial charge is 0.335 e. The van der Waals surface area contributed by atoms with E-state index < -0.39 is 30.0 Å². The number of rotatable bonds is 5. The number of benzene rings is 1. The highest BCUT2D eigenvalue weighted by Crippen LogP contribution is 2.38. The molecule has 1 aromatic rings. The minimum atomic E-state index is -0.984. The third-order valence-electron chi connectivity index (χ3n) is 4.44. The average Bonchev–Trinajstić information content (AvgIpc) is 3.05. The Morgan fingerprint density at radius 2 is 1.85 bits per heavy atom. The van der Waals surface area contributed by atoms with E-state index in [2.05, 4.69) is 0 Å². The molecule has 1 aromatic carbocycles. The lowest BCUT2D eigenvalue weighted by Gasteiger charge is -2.39. The molecule has 2 aliphatic heterocycles. The van der Waals surface area contributed by atoms with Gasteiger partial charge in [-0.15, -0.1) is 0 Å². The van der Waals surface area contributed by atoms with E-state index in [0.29, 0.717) is 0 Å². The summed E-state index contributed by atoms with van der Waals surface area (Å²) in [7, 11) is 0. The summed E-state index contributed by atoms with van der Waals surface area (Å²) in [4.78, 5) is 39.0. The van der Waals surface area contributed by atoms with Gasteiger partial charge in [0.1, 0.15) is 18.7 Å². The first-order valence-corrected chi connectivity index (χ1v) is 8.63. The van der Waals surface area contributed by atoms with Crippen LogP contribution >= 0.6 is 0 Å². The Bertz CT molecular complexity index is 729. The van der Waals surface area contributed by atoms with Gasteiger partial charge in [-0.25, -0.2) is 14.4 Å². The molecule has 2 heterocycles. The van der Waals surface area contributed by atoms with E-state index >= 15 is 0 Å². The molecule has 0 bridgehead atoms. The second kappa shape index (κ2) is 7.70. The molecule has 7 heteroatoms. The van der Waals surface area contributed by atoms with E-state index in [4.69, 9.17) is 14.2 Å². The molecule has 3 atom stereocenters. The van der Waals surface area contributed by atoms with E-state index in [-0.39, 0.29) is 31.4 Å². The molecule has 0 N–H and O–H groups in total. The monoisotopic (exact) mass is 359 g/mol. The Balaban J connectivity index is 2.01. The van der Waals surface area contributed by atoms with Gasteiger partial charge in [-0.3, -0.25) is 4.90 Å². The fourth-order valence-electron chi connectivity index (χ4n) is 3.37. The van der Waals surface area contributed by atoms with Crippen LogP contribution in [0.2, 0.25) is 0 Å². The maximum absolute atomic E-state index is 12.5. The first-order chi connectivity index (χ1) is 12.6. The van der Waals surface area contributed by atoms with Gasteiger partial charge in [0.2, 0.25) is 0 Å². The molecule has 0 aromatic heterocycles. The number of esters is 3. The summed E-state index contributed by atoms with van der Waals surface area (Å²) in [6, 6.07) is 7.21. The molecule has 0 radical (unpaired) electrons. The largest absolute Gasteiger partial charge is 0.465 e. The predicted molar refractivity (Wildman–Crippen MR) is 90.9 cm³/mol. The van der Waals surface area contributed by atoms with E-state index in [9.17, 15) is 14.4 Å². The average molecular weight is 359 g/mol. The molecule has 0 amide bonds. The van der Waals surface area contributed by atoms with Crippen molar-refractivity contribution in [2.75, 3.05) is 19.8 Å². The van der Waals surface area contributed by atoms with Crippen molar-refractivity contribution in [2.45, 2.75) is 32.0 Å². The Morgan fingerprint density at radius 1 is 1.15 bits per heavy atom. The SMILES string of the molecule is CCOC(=O)C1=C[C@@H](C(=O)OCC)N2[C@@H]1C(=O)OC[C@@H]2c1ccccc1. The lowest BCUT2D eigenvalue weighted by atomic mass is 10.00. The number of nitrogens with zero attached hydrogens (tertiary/aromatic N) is 1. The minimum absolute atomic E-state index is 0.0964. The summed E-state index contributed by atoms with van der Waals surface area (Å²) in [5.74, 6) is -1.70. The third kappa shape index (κ3) is 3.22. The van der Waals surface area contributed by atoms with Crippen molar-refractivity contribution in [1.29, 1.82) is 0 Å². The van der Waals surface area contributed by atoms with E-state index in [1.54, 1.807) is 18.7 Å². The van der Waals surface area contributed by atoms with Crippen LogP contribution in [0.25, 0.3) is 0 Å². The lowest BCUT2D eigenvalue weighted by molar-refractivity contribution is -0.167. The maximum Gasteiger partial charge on any atom is 0.335 e. The van der Waals surface area contributed by atoms with Crippen LogP contribution < -0.4 is 0 Å².